The first-order valence-electron chi connectivity index (χ1n) is 7.75. The number of halogens is 4. The number of carbonyl (C=O) groups excluding carboxylic acids is 1. The van der Waals surface area contributed by atoms with Crippen LogP contribution < -0.4 is 5.32 Å². The van der Waals surface area contributed by atoms with Gasteiger partial charge in [0.05, 0.1) is 22.6 Å². The first-order valence-corrected chi connectivity index (χ1v) is 8.54. The lowest BCUT2D eigenvalue weighted by Gasteiger charge is -2.09. The van der Waals surface area contributed by atoms with E-state index in [0.29, 0.717) is 16.8 Å². The first-order chi connectivity index (χ1) is 12.7. The van der Waals surface area contributed by atoms with Gasteiger partial charge in [0, 0.05) is 12.3 Å². The van der Waals surface area contributed by atoms with Crippen LogP contribution in [-0.2, 0) is 17.6 Å². The molecule has 0 atom stereocenters. The van der Waals surface area contributed by atoms with Gasteiger partial charge in [0.2, 0.25) is 0 Å². The molecule has 12 heteroatoms. The lowest BCUT2D eigenvalue weighted by atomic mass is 10.3. The second-order valence-corrected chi connectivity index (χ2v) is 6.32. The molecule has 8 nitrogen and oxygen atoms in total. The monoisotopic (exact) mass is 446 g/mol. The summed E-state index contributed by atoms with van der Waals surface area (Å²) in [4.78, 5) is 16.5. The summed E-state index contributed by atoms with van der Waals surface area (Å²) in [6.45, 7) is 3.98. The molecule has 0 fully saturated rings. The number of rotatable bonds is 5. The normalized spacial score (nSPS) is 11.9. The molecular weight excluding hydrogens is 433 g/mol. The fourth-order valence-electron chi connectivity index (χ4n) is 2.33. The van der Waals surface area contributed by atoms with Gasteiger partial charge < -0.3 is 10.1 Å². The largest absolute Gasteiger partial charge is 0.433 e. The average molecular weight is 447 g/mol. The van der Waals surface area contributed by atoms with Crippen molar-refractivity contribution in [1.29, 1.82) is 0 Å². The quantitative estimate of drug-likeness (QED) is 0.649. The van der Waals surface area contributed by atoms with Crippen LogP contribution in [0.1, 0.15) is 28.8 Å². The number of ether oxygens (including phenoxy) is 1. The third-order valence-electron chi connectivity index (χ3n) is 3.49. The Hall–Kier alpha value is -2.47. The van der Waals surface area contributed by atoms with E-state index in [-0.39, 0.29) is 28.2 Å². The number of alkyl halides is 3. The molecule has 0 bridgehead atoms. The molecule has 0 saturated heterocycles. The summed E-state index contributed by atoms with van der Waals surface area (Å²) >= 11 is 3.13. The maximum Gasteiger partial charge on any atom is 0.433 e. The summed E-state index contributed by atoms with van der Waals surface area (Å²) in [5.74, 6) is -0.700. The van der Waals surface area contributed by atoms with E-state index in [1.807, 2.05) is 6.92 Å². The van der Waals surface area contributed by atoms with Crippen molar-refractivity contribution >= 4 is 33.2 Å². The van der Waals surface area contributed by atoms with E-state index in [4.69, 9.17) is 4.74 Å². The lowest BCUT2D eigenvalue weighted by molar-refractivity contribution is -0.142. The highest BCUT2D eigenvalue weighted by Gasteiger charge is 2.36. The Morgan fingerprint density at radius 1 is 1.41 bits per heavy atom. The van der Waals surface area contributed by atoms with Crippen LogP contribution >= 0.6 is 15.9 Å². The second-order valence-electron chi connectivity index (χ2n) is 5.52. The van der Waals surface area contributed by atoms with Crippen molar-refractivity contribution in [3.8, 4) is 0 Å². The average Bonchev–Trinajstić information content (AvgIpc) is 3.16. The molecule has 0 saturated carbocycles. The van der Waals surface area contributed by atoms with Crippen LogP contribution in [0.15, 0.2) is 22.9 Å². The smallest absolute Gasteiger partial charge is 0.360 e. The summed E-state index contributed by atoms with van der Waals surface area (Å²) < 4.78 is 47.1. The molecule has 3 aromatic heterocycles. The van der Waals surface area contributed by atoms with Crippen molar-refractivity contribution in [2.75, 3.05) is 11.9 Å². The van der Waals surface area contributed by atoms with Gasteiger partial charge in [-0.15, -0.1) is 0 Å². The van der Waals surface area contributed by atoms with Crippen LogP contribution in [0.3, 0.4) is 0 Å². The first kappa shape index (κ1) is 19.3. The van der Waals surface area contributed by atoms with Crippen molar-refractivity contribution < 1.29 is 22.7 Å². The van der Waals surface area contributed by atoms with Crippen LogP contribution in [0.2, 0.25) is 0 Å². The number of anilines is 1. The standard InChI is InChI=1S/C15H14BrF3N6O2/c1-3-27-7-24-6-9(5-20-24)22-14(26)12-11(16)13-21-8(2)4-10(15(17,18)19)25(13)23-12/h4-6H,3,7H2,1-2H3,(H,22,26). The van der Waals surface area contributed by atoms with Crippen LogP contribution in [-0.4, -0.2) is 36.9 Å². The van der Waals surface area contributed by atoms with E-state index in [1.54, 1.807) is 0 Å². The molecule has 0 aliphatic heterocycles. The van der Waals surface area contributed by atoms with Gasteiger partial charge in [0.15, 0.2) is 11.3 Å². The Morgan fingerprint density at radius 2 is 2.15 bits per heavy atom. The third kappa shape index (κ3) is 3.95. The zero-order chi connectivity index (χ0) is 19.8. The minimum Gasteiger partial charge on any atom is -0.360 e. The maximum atomic E-state index is 13.3. The van der Waals surface area contributed by atoms with Gasteiger partial charge in [-0.2, -0.15) is 23.4 Å². The fourth-order valence-corrected chi connectivity index (χ4v) is 2.85. The summed E-state index contributed by atoms with van der Waals surface area (Å²) in [5, 5.41) is 10.3. The lowest BCUT2D eigenvalue weighted by Crippen LogP contribution is -2.15. The summed E-state index contributed by atoms with van der Waals surface area (Å²) in [6, 6.07) is 0.867. The van der Waals surface area contributed by atoms with Gasteiger partial charge in [0.25, 0.3) is 5.91 Å². The summed E-state index contributed by atoms with van der Waals surface area (Å²) in [7, 11) is 0. The number of carbonyl (C=O) groups is 1. The van der Waals surface area contributed by atoms with Gasteiger partial charge in [0.1, 0.15) is 12.4 Å². The predicted octanol–water partition coefficient (Wildman–Crippen LogP) is 3.26. The molecule has 0 spiro atoms. The Labute approximate surface area is 159 Å². The minimum absolute atomic E-state index is 0.0657. The number of hydrogen-bond donors (Lipinski definition) is 1. The van der Waals surface area contributed by atoms with Gasteiger partial charge in [-0.05, 0) is 35.8 Å². The highest BCUT2D eigenvalue weighted by atomic mass is 79.9. The molecule has 0 aliphatic rings. The number of nitrogens with zero attached hydrogens (tertiary/aromatic N) is 5. The molecule has 144 valence electrons. The zero-order valence-corrected chi connectivity index (χ0v) is 15.8. The van der Waals surface area contributed by atoms with Crippen molar-refractivity contribution in [3.63, 3.8) is 0 Å². The van der Waals surface area contributed by atoms with E-state index in [1.165, 1.54) is 24.0 Å². The van der Waals surface area contributed by atoms with Crippen molar-refractivity contribution in [2.45, 2.75) is 26.8 Å². The predicted molar refractivity (Wildman–Crippen MR) is 92.2 cm³/mol. The van der Waals surface area contributed by atoms with Gasteiger partial charge >= 0.3 is 6.18 Å². The molecule has 1 amide bonds. The van der Waals surface area contributed by atoms with Gasteiger partial charge in [-0.25, -0.2) is 14.2 Å². The summed E-state index contributed by atoms with van der Waals surface area (Å²) in [6.07, 6.45) is -1.73. The minimum atomic E-state index is -4.65. The van der Waals surface area contributed by atoms with Crippen molar-refractivity contribution in [3.05, 3.63) is 40.0 Å². The molecule has 0 unspecified atom stereocenters. The Bertz CT molecular complexity index is 998. The van der Waals surface area contributed by atoms with E-state index >= 15 is 0 Å². The number of aryl methyl sites for hydroxylation is 1. The molecule has 1 N–H and O–H groups in total. The summed E-state index contributed by atoms with van der Waals surface area (Å²) in [5.41, 5.74) is -0.839. The van der Waals surface area contributed by atoms with Crippen molar-refractivity contribution in [2.24, 2.45) is 0 Å². The number of nitrogens with one attached hydrogen (secondary N) is 1. The number of amides is 1. The maximum absolute atomic E-state index is 13.3. The highest BCUT2D eigenvalue weighted by molar-refractivity contribution is 9.10. The van der Waals surface area contributed by atoms with E-state index in [9.17, 15) is 18.0 Å². The fraction of sp³-hybridized carbons (Fsp3) is 0.333. The number of fused-ring (bicyclic) bond motifs is 1. The van der Waals surface area contributed by atoms with Gasteiger partial charge in [-0.1, -0.05) is 0 Å². The van der Waals surface area contributed by atoms with Crippen LogP contribution in [0, 0.1) is 6.92 Å². The van der Waals surface area contributed by atoms with Gasteiger partial charge in [-0.3, -0.25) is 4.79 Å². The zero-order valence-electron chi connectivity index (χ0n) is 14.2. The number of aromatic nitrogens is 5. The molecule has 3 aromatic rings. The SMILES string of the molecule is CCOCn1cc(NC(=O)c2nn3c(C(F)(F)F)cc(C)nc3c2Br)cn1. The molecular formula is C15H14BrF3N6O2. The molecule has 0 radical (unpaired) electrons. The molecule has 27 heavy (non-hydrogen) atoms. The third-order valence-corrected chi connectivity index (χ3v) is 4.22. The number of hydrogen-bond acceptors (Lipinski definition) is 5. The van der Waals surface area contributed by atoms with Crippen LogP contribution in [0.5, 0.6) is 0 Å². The Kier molecular flexibility index (Phi) is 5.20. The van der Waals surface area contributed by atoms with E-state index < -0.39 is 17.8 Å². The van der Waals surface area contributed by atoms with E-state index in [0.717, 1.165) is 6.07 Å². The van der Waals surface area contributed by atoms with Crippen LogP contribution in [0.4, 0.5) is 18.9 Å². The molecule has 0 aliphatic carbocycles. The topological polar surface area (TPSA) is 86.3 Å². The highest BCUT2D eigenvalue weighted by Crippen LogP contribution is 2.32. The van der Waals surface area contributed by atoms with Crippen molar-refractivity contribution in [1.82, 2.24) is 24.4 Å². The molecule has 3 heterocycles. The Morgan fingerprint density at radius 3 is 2.81 bits per heavy atom. The Balaban J connectivity index is 1.93. The molecule has 0 aromatic carbocycles. The van der Waals surface area contributed by atoms with E-state index in [2.05, 4.69) is 36.4 Å². The second kappa shape index (κ2) is 7.27. The molecule has 3 rings (SSSR count). The van der Waals surface area contributed by atoms with Crippen LogP contribution in [0.25, 0.3) is 5.65 Å².